The van der Waals surface area contributed by atoms with Crippen molar-refractivity contribution < 1.29 is 44.9 Å². The molecule has 0 spiro atoms. The van der Waals surface area contributed by atoms with Crippen LogP contribution in [0.1, 0.15) is 82.9 Å². The van der Waals surface area contributed by atoms with E-state index >= 15 is 0 Å². The third-order valence-corrected chi connectivity index (χ3v) is 14.5. The Labute approximate surface area is 386 Å². The Balaban J connectivity index is 1.48. The predicted octanol–water partition coefficient (Wildman–Crippen LogP) is 8.34. The number of quaternary nitrogens is 1. The fourth-order valence-corrected chi connectivity index (χ4v) is 10.3. The molecular formula is C50H67N5O8S2+2. The summed E-state index contributed by atoms with van der Waals surface area (Å²) in [7, 11) is 1.71. The molecule has 65 heavy (non-hydrogen) atoms. The van der Waals surface area contributed by atoms with Crippen LogP contribution in [0.5, 0.6) is 0 Å². The van der Waals surface area contributed by atoms with Crippen molar-refractivity contribution in [1.82, 2.24) is 4.90 Å². The van der Waals surface area contributed by atoms with Gasteiger partial charge in [0.05, 0.1) is 42.9 Å². The summed E-state index contributed by atoms with van der Waals surface area (Å²) in [6.45, 7) is 11.5. The predicted molar refractivity (Wildman–Crippen MR) is 259 cm³/mol. The lowest BCUT2D eigenvalue weighted by Crippen LogP contribution is -2.37. The van der Waals surface area contributed by atoms with Crippen molar-refractivity contribution in [3.63, 3.8) is 0 Å². The molecule has 3 aromatic carbocycles. The molecule has 1 aliphatic carbocycles. The van der Waals surface area contributed by atoms with Crippen molar-refractivity contribution in [3.05, 3.63) is 124 Å². The second-order valence-corrected chi connectivity index (χ2v) is 22.7. The Morgan fingerprint density at radius 1 is 0.846 bits per heavy atom. The first kappa shape index (κ1) is 49.5. The Kier molecular flexibility index (Phi) is 14.6. The van der Waals surface area contributed by atoms with Crippen LogP contribution < -0.4 is 10.2 Å². The number of nitrogens with one attached hydrogen (secondary N) is 1. The first-order chi connectivity index (χ1) is 30.3. The van der Waals surface area contributed by atoms with E-state index in [2.05, 4.69) is 92.8 Å². The molecule has 3 aromatic rings. The third kappa shape index (κ3) is 11.6. The van der Waals surface area contributed by atoms with Crippen LogP contribution in [0.15, 0.2) is 117 Å². The largest absolute Gasteiger partial charge is 0.481 e. The van der Waals surface area contributed by atoms with Gasteiger partial charge in [0.15, 0.2) is 12.3 Å². The molecule has 6 rings (SSSR count). The monoisotopic (exact) mass is 929 g/mol. The molecule has 13 nitrogen and oxygen atoms in total. The molecule has 0 saturated carbocycles. The molecule has 0 fully saturated rings. The highest BCUT2D eigenvalue weighted by Crippen LogP contribution is 2.49. The number of carbonyl (C=O) groups is 1. The van der Waals surface area contributed by atoms with E-state index in [1.165, 1.54) is 12.1 Å². The number of hydrogen-bond donors (Lipinski definition) is 4. The quantitative estimate of drug-likeness (QED) is 0.0550. The highest BCUT2D eigenvalue weighted by molar-refractivity contribution is 7.86. The second kappa shape index (κ2) is 19.1. The molecule has 0 bridgehead atoms. The summed E-state index contributed by atoms with van der Waals surface area (Å²) < 4.78 is 72.3. The molecule has 0 amide bonds. The molecule has 0 atom stereocenters. The van der Waals surface area contributed by atoms with Crippen LogP contribution in [0.25, 0.3) is 0 Å². The number of aryl methyl sites for hydroxylation is 1. The van der Waals surface area contributed by atoms with Gasteiger partial charge in [0.25, 0.3) is 20.2 Å². The van der Waals surface area contributed by atoms with Crippen LogP contribution in [0.4, 0.5) is 17.1 Å². The summed E-state index contributed by atoms with van der Waals surface area (Å²) in [4.78, 5) is 15.4. The molecule has 0 unspecified atom stereocenters. The van der Waals surface area contributed by atoms with E-state index in [0.717, 1.165) is 112 Å². The summed E-state index contributed by atoms with van der Waals surface area (Å²) >= 11 is 0. The lowest BCUT2D eigenvalue weighted by atomic mass is 9.81. The Morgan fingerprint density at radius 2 is 1.49 bits per heavy atom. The summed E-state index contributed by atoms with van der Waals surface area (Å²) in [6, 6.07) is 17.5. The number of hydrogen-bond acceptors (Lipinski definition) is 8. The Morgan fingerprint density at radius 3 is 2.11 bits per heavy atom. The molecule has 350 valence electrons. The lowest BCUT2D eigenvalue weighted by molar-refractivity contribution is -0.870. The maximum atomic E-state index is 12.3. The molecule has 3 aliphatic rings. The first-order valence-electron chi connectivity index (χ1n) is 22.3. The number of benzene rings is 3. The standard InChI is InChI=1S/C50H65N5O8S2/c1-49(2)41-33-39(64(58,59)60)22-24-43(41)53(30-11-29-52(5)6)45(49)26-18-36-13-10-14-37(48(36)51-38-20-15-35(16-21-38)17-28-47(56)57)19-27-46-50(3,4)42-34-40(65(61,62)63)23-25-44(42)54(46)31-12-32-55(7,8)9/h15-16,18-27,33-34H,10-14,17,28-32H2,1-9H3,(H2-,56,57,58,59,60,61,62,63)/p+2/b37-19+,46-27+. The van der Waals surface area contributed by atoms with E-state index in [1.807, 2.05) is 38.4 Å². The normalized spacial score (nSPS) is 18.7. The van der Waals surface area contributed by atoms with Gasteiger partial charge in [-0.05, 0) is 124 Å². The van der Waals surface area contributed by atoms with Gasteiger partial charge in [-0.3, -0.25) is 13.9 Å². The van der Waals surface area contributed by atoms with Gasteiger partial charge in [-0.25, -0.2) is 0 Å². The second-order valence-electron chi connectivity index (χ2n) is 19.8. The summed E-state index contributed by atoms with van der Waals surface area (Å²) in [6.07, 6.45) is 13.3. The van der Waals surface area contributed by atoms with Gasteiger partial charge in [-0.1, -0.05) is 38.1 Å². The third-order valence-electron chi connectivity index (χ3n) is 12.8. The molecule has 0 aromatic heterocycles. The maximum absolute atomic E-state index is 12.3. The minimum Gasteiger partial charge on any atom is -0.481 e. The molecule has 2 aliphatic heterocycles. The number of anilines is 2. The van der Waals surface area contributed by atoms with Crippen molar-refractivity contribution in [2.75, 3.05) is 71.6 Å². The van der Waals surface area contributed by atoms with Crippen LogP contribution in [-0.4, -0.2) is 118 Å². The topological polar surface area (TPSA) is 168 Å². The van der Waals surface area contributed by atoms with Crippen molar-refractivity contribution in [2.24, 2.45) is 0 Å². The van der Waals surface area contributed by atoms with E-state index in [4.69, 9.17) is 0 Å². The van der Waals surface area contributed by atoms with E-state index in [9.17, 15) is 35.8 Å². The minimum atomic E-state index is -4.42. The van der Waals surface area contributed by atoms with Crippen LogP contribution in [-0.2, 0) is 42.3 Å². The zero-order valence-electron chi connectivity index (χ0n) is 39.3. The zero-order chi connectivity index (χ0) is 47.7. The van der Waals surface area contributed by atoms with Gasteiger partial charge >= 0.3 is 5.97 Å². The molecular weight excluding hydrogens is 863 g/mol. The van der Waals surface area contributed by atoms with Gasteiger partial charge in [0, 0.05) is 78.2 Å². The Hall–Kier alpha value is -4.90. The molecule has 4 N–H and O–H groups in total. The highest BCUT2D eigenvalue weighted by Gasteiger charge is 2.45. The summed E-state index contributed by atoms with van der Waals surface area (Å²) in [5.41, 5.74) is 9.15. The number of carboxylic acid groups (broad SMARTS) is 1. The average molecular weight is 930 g/mol. The number of nitrogens with zero attached hydrogens (tertiary/aromatic N) is 4. The van der Waals surface area contributed by atoms with Crippen LogP contribution >= 0.6 is 0 Å². The van der Waals surface area contributed by atoms with Gasteiger partial charge < -0.3 is 24.7 Å². The summed E-state index contributed by atoms with van der Waals surface area (Å²) in [5, 5.41) is 13.0. The van der Waals surface area contributed by atoms with E-state index in [1.54, 1.807) is 24.3 Å². The summed E-state index contributed by atoms with van der Waals surface area (Å²) in [5.74, 6) is -0.847. The molecule has 2 heterocycles. The SMILES string of the molecule is CN(C)CCC[N+]1=C(/C=C/C2=C(Nc3ccc(CCC(=O)O)cc3)C(=C/C=C3/N(CCC[N+](C)(C)C)c4ccc(S(=O)(=O)O)cc4C3(C)C)/CCC2)C(C)(C)c2cc(S(=O)(=O)O)ccc21. The first-order valence-corrected chi connectivity index (χ1v) is 25.2. The average Bonchev–Trinajstić information content (AvgIpc) is 3.55. The molecule has 15 heteroatoms. The van der Waals surface area contributed by atoms with Gasteiger partial charge in [-0.15, -0.1) is 0 Å². The van der Waals surface area contributed by atoms with Crippen molar-refractivity contribution in [2.45, 2.75) is 93.3 Å². The number of aliphatic carboxylic acids is 1. The van der Waals surface area contributed by atoms with Gasteiger partial charge in [0.2, 0.25) is 5.69 Å². The van der Waals surface area contributed by atoms with Crippen LogP contribution in [0.3, 0.4) is 0 Å². The van der Waals surface area contributed by atoms with Crippen molar-refractivity contribution in [1.29, 1.82) is 0 Å². The number of fused-ring (bicyclic) bond motifs is 2. The van der Waals surface area contributed by atoms with Gasteiger partial charge in [-0.2, -0.15) is 21.4 Å². The number of rotatable bonds is 18. The van der Waals surface area contributed by atoms with E-state index in [0.29, 0.717) is 19.5 Å². The Bertz CT molecular complexity index is 2700. The van der Waals surface area contributed by atoms with Crippen molar-refractivity contribution in [3.8, 4) is 0 Å². The van der Waals surface area contributed by atoms with Gasteiger partial charge in [0.1, 0.15) is 0 Å². The lowest BCUT2D eigenvalue weighted by Gasteiger charge is -2.29. The molecule has 0 saturated heterocycles. The highest BCUT2D eigenvalue weighted by atomic mass is 32.2. The van der Waals surface area contributed by atoms with Crippen molar-refractivity contribution >= 4 is 49.0 Å². The fourth-order valence-electron chi connectivity index (χ4n) is 9.29. The minimum absolute atomic E-state index is 0.0421. The van der Waals surface area contributed by atoms with Crippen LogP contribution in [0.2, 0.25) is 0 Å². The van der Waals surface area contributed by atoms with E-state index in [-0.39, 0.29) is 16.2 Å². The smallest absolute Gasteiger partial charge is 0.303 e. The fraction of sp³-hybridized carbons (Fsp3) is 0.440. The van der Waals surface area contributed by atoms with Crippen LogP contribution in [0, 0.1) is 0 Å². The maximum Gasteiger partial charge on any atom is 0.303 e. The molecule has 0 radical (unpaired) electrons. The number of carboxylic acids is 1. The number of allylic oxidation sites excluding steroid dienone is 7. The zero-order valence-corrected chi connectivity index (χ0v) is 41.0. The van der Waals surface area contributed by atoms with E-state index < -0.39 is 37.0 Å².